The third kappa shape index (κ3) is 2.63. The lowest BCUT2D eigenvalue weighted by Crippen LogP contribution is -2.25. The number of nitrogens with zero attached hydrogens (tertiary/aromatic N) is 1. The van der Waals surface area contributed by atoms with Crippen molar-refractivity contribution < 1.29 is 26.7 Å². The fourth-order valence-electron chi connectivity index (χ4n) is 1.69. The summed E-state index contributed by atoms with van der Waals surface area (Å²) in [6.07, 6.45) is -3.79. The Hall–Kier alpha value is -1.94. The van der Waals surface area contributed by atoms with Crippen LogP contribution in [0.1, 0.15) is 5.69 Å². The fraction of sp³-hybridized carbons (Fsp3) is 0.182. The van der Waals surface area contributed by atoms with E-state index >= 15 is 0 Å². The van der Waals surface area contributed by atoms with E-state index in [1.807, 2.05) is 0 Å². The second-order valence-corrected chi connectivity index (χ2v) is 6.51. The molecular formula is C11H8F2N2O4S2. The van der Waals surface area contributed by atoms with Gasteiger partial charge in [0.15, 0.2) is 11.5 Å². The Morgan fingerprint density at radius 2 is 2.00 bits per heavy atom. The summed E-state index contributed by atoms with van der Waals surface area (Å²) in [7, 11) is -3.93. The molecule has 0 bridgehead atoms. The van der Waals surface area contributed by atoms with Gasteiger partial charge in [-0.1, -0.05) is 0 Å². The maximum absolute atomic E-state index is 12.9. The van der Waals surface area contributed by atoms with E-state index in [1.165, 1.54) is 5.38 Å². The van der Waals surface area contributed by atoms with Crippen LogP contribution in [-0.2, 0) is 10.0 Å². The number of hydrogen-bond donors (Lipinski definition) is 1. The van der Waals surface area contributed by atoms with Gasteiger partial charge in [0, 0.05) is 11.4 Å². The number of fused-ring (bicyclic) bond motifs is 1. The summed E-state index contributed by atoms with van der Waals surface area (Å²) in [6.45, 7) is 1.65. The summed E-state index contributed by atoms with van der Waals surface area (Å²) in [5.74, 6) is -0.546. The zero-order valence-electron chi connectivity index (χ0n) is 10.5. The molecule has 21 heavy (non-hydrogen) atoms. The van der Waals surface area contributed by atoms with E-state index in [0.717, 1.165) is 29.7 Å². The van der Waals surface area contributed by atoms with Crippen LogP contribution in [0.15, 0.2) is 28.5 Å². The Balaban J connectivity index is 1.93. The molecule has 10 heteroatoms. The van der Waals surface area contributed by atoms with Crippen LogP contribution in [-0.4, -0.2) is 19.1 Å². The Bertz CT molecular complexity index is 804. The Morgan fingerprint density at radius 3 is 2.67 bits per heavy atom. The van der Waals surface area contributed by atoms with Gasteiger partial charge in [-0.25, -0.2) is 8.42 Å². The Labute approximate surface area is 122 Å². The molecule has 1 aromatic heterocycles. The molecule has 0 spiro atoms. The first-order valence-electron chi connectivity index (χ1n) is 5.60. The number of benzene rings is 1. The molecular weight excluding hydrogens is 326 g/mol. The van der Waals surface area contributed by atoms with Crippen molar-refractivity contribution in [2.45, 2.75) is 18.1 Å². The molecule has 2 aromatic rings. The number of alkyl halides is 2. The summed E-state index contributed by atoms with van der Waals surface area (Å²) >= 11 is 1.10. The van der Waals surface area contributed by atoms with E-state index in [-0.39, 0.29) is 16.4 Å². The molecule has 0 aliphatic carbocycles. The average Bonchev–Trinajstić information content (AvgIpc) is 2.89. The summed E-state index contributed by atoms with van der Waals surface area (Å²) in [5.41, 5.74) is 0.860. The normalized spacial score (nSPS) is 16.0. The molecule has 1 aromatic carbocycles. The first kappa shape index (κ1) is 14.0. The van der Waals surface area contributed by atoms with Gasteiger partial charge in [0.1, 0.15) is 0 Å². The smallest absolute Gasteiger partial charge is 0.395 e. The van der Waals surface area contributed by atoms with Gasteiger partial charge < -0.3 is 9.47 Å². The predicted molar refractivity (Wildman–Crippen MR) is 70.3 cm³/mol. The highest BCUT2D eigenvalue weighted by Gasteiger charge is 2.43. The molecule has 3 rings (SSSR count). The van der Waals surface area contributed by atoms with E-state index in [4.69, 9.17) is 0 Å². The number of rotatable bonds is 3. The van der Waals surface area contributed by atoms with Gasteiger partial charge in [-0.15, -0.1) is 8.78 Å². The zero-order valence-corrected chi connectivity index (χ0v) is 12.1. The van der Waals surface area contributed by atoms with Crippen LogP contribution >= 0.6 is 11.5 Å². The van der Waals surface area contributed by atoms with Crippen molar-refractivity contribution in [1.29, 1.82) is 0 Å². The van der Waals surface area contributed by atoms with Crippen molar-refractivity contribution in [1.82, 2.24) is 4.37 Å². The highest BCUT2D eigenvalue weighted by molar-refractivity contribution is 7.92. The molecule has 1 aliphatic rings. The molecule has 0 atom stereocenters. The van der Waals surface area contributed by atoms with Crippen LogP contribution in [0.5, 0.6) is 11.5 Å². The summed E-state index contributed by atoms with van der Waals surface area (Å²) in [5, 5.41) is 1.54. The first-order chi connectivity index (χ1) is 9.77. The number of aryl methyl sites for hydroxylation is 1. The van der Waals surface area contributed by atoms with Crippen molar-refractivity contribution in [2.75, 3.05) is 4.72 Å². The van der Waals surface area contributed by atoms with E-state index < -0.39 is 16.3 Å². The second-order valence-electron chi connectivity index (χ2n) is 4.20. The first-order valence-corrected chi connectivity index (χ1v) is 7.92. The fourth-order valence-corrected chi connectivity index (χ4v) is 3.53. The molecule has 0 saturated heterocycles. The van der Waals surface area contributed by atoms with Crippen molar-refractivity contribution >= 4 is 27.2 Å². The summed E-state index contributed by atoms with van der Waals surface area (Å²) < 4.78 is 64.9. The molecule has 1 N–H and O–H groups in total. The van der Waals surface area contributed by atoms with E-state index in [2.05, 4.69) is 18.6 Å². The van der Waals surface area contributed by atoms with Gasteiger partial charge in [0.25, 0.3) is 10.0 Å². The maximum Gasteiger partial charge on any atom is 0.586 e. The topological polar surface area (TPSA) is 77.5 Å². The highest BCUT2D eigenvalue weighted by Crippen LogP contribution is 2.42. The van der Waals surface area contributed by atoms with Gasteiger partial charge in [0.05, 0.1) is 16.3 Å². The minimum absolute atomic E-state index is 0.215. The lowest BCUT2D eigenvalue weighted by Gasteiger charge is -2.07. The number of aromatic nitrogens is 1. The SMILES string of the molecule is Cc1nscc1NS(=O)(=O)c1ccc2c(c1)OC(F)(F)O2. The lowest BCUT2D eigenvalue weighted by molar-refractivity contribution is -0.286. The number of hydrogen-bond acceptors (Lipinski definition) is 6. The zero-order chi connectivity index (χ0) is 15.3. The molecule has 0 unspecified atom stereocenters. The average molecular weight is 334 g/mol. The van der Waals surface area contributed by atoms with Gasteiger partial charge in [-0.3, -0.25) is 4.72 Å². The van der Waals surface area contributed by atoms with Crippen LogP contribution < -0.4 is 14.2 Å². The number of halogens is 2. The molecule has 1 aliphatic heterocycles. The van der Waals surface area contributed by atoms with Crippen LogP contribution in [0.3, 0.4) is 0 Å². The molecule has 0 fully saturated rings. The van der Waals surface area contributed by atoms with E-state index in [9.17, 15) is 17.2 Å². The van der Waals surface area contributed by atoms with Crippen molar-refractivity contribution in [2.24, 2.45) is 0 Å². The van der Waals surface area contributed by atoms with Crippen molar-refractivity contribution in [3.8, 4) is 11.5 Å². The maximum atomic E-state index is 12.9. The van der Waals surface area contributed by atoms with Gasteiger partial charge in [-0.05, 0) is 30.6 Å². The van der Waals surface area contributed by atoms with E-state index in [1.54, 1.807) is 6.92 Å². The Kier molecular flexibility index (Phi) is 3.02. The van der Waals surface area contributed by atoms with E-state index in [0.29, 0.717) is 11.4 Å². The molecule has 0 saturated carbocycles. The van der Waals surface area contributed by atoms with Crippen LogP contribution in [0.25, 0.3) is 0 Å². The number of ether oxygens (including phenoxy) is 2. The van der Waals surface area contributed by atoms with Crippen molar-refractivity contribution in [3.63, 3.8) is 0 Å². The monoisotopic (exact) mass is 334 g/mol. The summed E-state index contributed by atoms with van der Waals surface area (Å²) in [6, 6.07) is 3.25. The molecule has 0 radical (unpaired) electrons. The molecule has 0 amide bonds. The third-order valence-electron chi connectivity index (χ3n) is 2.68. The molecule has 6 nitrogen and oxygen atoms in total. The summed E-state index contributed by atoms with van der Waals surface area (Å²) in [4.78, 5) is -0.215. The largest absolute Gasteiger partial charge is 0.586 e. The van der Waals surface area contributed by atoms with Crippen LogP contribution in [0.2, 0.25) is 0 Å². The van der Waals surface area contributed by atoms with Gasteiger partial charge >= 0.3 is 6.29 Å². The number of sulfonamides is 1. The third-order valence-corrected chi connectivity index (χ3v) is 4.76. The minimum Gasteiger partial charge on any atom is -0.395 e. The predicted octanol–water partition coefficient (Wildman–Crippen LogP) is 2.57. The van der Waals surface area contributed by atoms with Gasteiger partial charge in [0.2, 0.25) is 0 Å². The molecule has 2 heterocycles. The lowest BCUT2D eigenvalue weighted by atomic mass is 10.3. The minimum atomic E-state index is -3.93. The molecule has 112 valence electrons. The van der Waals surface area contributed by atoms with Crippen LogP contribution in [0, 0.1) is 6.92 Å². The van der Waals surface area contributed by atoms with Gasteiger partial charge in [-0.2, -0.15) is 4.37 Å². The second kappa shape index (κ2) is 4.53. The standard InChI is InChI=1S/C11H8F2N2O4S2/c1-6-8(5-20-14-6)15-21(16,17)7-2-3-9-10(4-7)19-11(12,13)18-9/h2-5,15H,1H3. The quantitative estimate of drug-likeness (QED) is 0.933. The number of nitrogens with one attached hydrogen (secondary N) is 1. The Morgan fingerprint density at radius 1 is 1.29 bits per heavy atom. The highest BCUT2D eigenvalue weighted by atomic mass is 32.2. The number of anilines is 1. The van der Waals surface area contributed by atoms with Crippen LogP contribution in [0.4, 0.5) is 14.5 Å². The van der Waals surface area contributed by atoms with Crippen molar-refractivity contribution in [3.05, 3.63) is 29.3 Å².